The lowest BCUT2D eigenvalue weighted by Gasteiger charge is -2.36. The van der Waals surface area contributed by atoms with Gasteiger partial charge in [-0.15, -0.1) is 0 Å². The summed E-state index contributed by atoms with van der Waals surface area (Å²) >= 11 is 0. The summed E-state index contributed by atoms with van der Waals surface area (Å²) in [7, 11) is 1.86. The molecule has 16 nitrogen and oxygen atoms in total. The number of likely N-dealkylation sites (tertiary alicyclic amines) is 1. The molecule has 2 saturated heterocycles. The third-order valence-corrected chi connectivity index (χ3v) is 8.74. The van der Waals surface area contributed by atoms with E-state index in [1.807, 2.05) is 50.7 Å². The summed E-state index contributed by atoms with van der Waals surface area (Å²) < 4.78 is 8.66. The second-order valence-corrected chi connectivity index (χ2v) is 13.5. The van der Waals surface area contributed by atoms with Gasteiger partial charge in [0.2, 0.25) is 18.1 Å². The Labute approximate surface area is 290 Å². The van der Waals surface area contributed by atoms with Gasteiger partial charge in [-0.3, -0.25) is 14.2 Å². The molecule has 5 heterocycles. The van der Waals surface area contributed by atoms with Crippen LogP contribution in [0.25, 0.3) is 11.0 Å². The quantitative estimate of drug-likeness (QED) is 0.277. The van der Waals surface area contributed by atoms with Crippen molar-refractivity contribution in [2.45, 2.75) is 46.1 Å². The number of hydrogen-bond donors (Lipinski definition) is 2. The highest BCUT2D eigenvalue weighted by Gasteiger charge is 2.30. The second-order valence-electron chi connectivity index (χ2n) is 13.5. The van der Waals surface area contributed by atoms with Crippen molar-refractivity contribution in [3.8, 4) is 6.07 Å². The number of hydrogen-bond acceptors (Lipinski definition) is 10. The highest BCUT2D eigenvalue weighted by molar-refractivity contribution is 5.97. The van der Waals surface area contributed by atoms with Crippen LogP contribution in [-0.4, -0.2) is 123 Å². The van der Waals surface area contributed by atoms with Gasteiger partial charge in [0.15, 0.2) is 5.65 Å². The Morgan fingerprint density at radius 1 is 1.06 bits per heavy atom. The van der Waals surface area contributed by atoms with E-state index >= 15 is 0 Å². The summed E-state index contributed by atoms with van der Waals surface area (Å²) in [5.41, 5.74) is 0.696. The van der Waals surface area contributed by atoms with Gasteiger partial charge in [-0.2, -0.15) is 10.2 Å². The van der Waals surface area contributed by atoms with Gasteiger partial charge in [0.05, 0.1) is 37.8 Å². The molecule has 2 fully saturated rings. The zero-order valence-corrected chi connectivity index (χ0v) is 29.1. The van der Waals surface area contributed by atoms with Crippen LogP contribution in [-0.2, 0) is 14.3 Å². The van der Waals surface area contributed by atoms with E-state index in [2.05, 4.69) is 37.4 Å². The van der Waals surface area contributed by atoms with E-state index in [9.17, 15) is 19.2 Å². The SMILES string of the molecule is C[C@@H]1CCN(C(=O)CC#N)CC1C=[N+](C)c1ncnc2c1ccn2C(=O)NCC(=O)Nc1ccc(N2CCN(C(=O)OC(C)(C)C)CC2)cn1. The van der Waals surface area contributed by atoms with Crippen molar-refractivity contribution in [2.75, 3.05) is 63.1 Å². The summed E-state index contributed by atoms with van der Waals surface area (Å²) in [6.07, 6.45) is 7.00. The maximum Gasteiger partial charge on any atom is 0.410 e. The number of nitrogens with one attached hydrogen (secondary N) is 2. The number of pyridine rings is 1. The van der Waals surface area contributed by atoms with Crippen molar-refractivity contribution in [3.63, 3.8) is 0 Å². The minimum Gasteiger partial charge on any atom is -0.444 e. The number of fused-ring (bicyclic) bond motifs is 1. The highest BCUT2D eigenvalue weighted by Crippen LogP contribution is 2.26. The zero-order valence-electron chi connectivity index (χ0n) is 29.1. The van der Waals surface area contributed by atoms with Gasteiger partial charge in [-0.05, 0) is 56.3 Å². The van der Waals surface area contributed by atoms with Crippen LogP contribution in [0.5, 0.6) is 0 Å². The van der Waals surface area contributed by atoms with Gasteiger partial charge in [0.1, 0.15) is 23.2 Å². The van der Waals surface area contributed by atoms with Gasteiger partial charge in [-0.1, -0.05) is 6.92 Å². The summed E-state index contributed by atoms with van der Waals surface area (Å²) in [4.78, 5) is 69.1. The van der Waals surface area contributed by atoms with Gasteiger partial charge < -0.3 is 30.1 Å². The number of piperidine rings is 1. The summed E-state index contributed by atoms with van der Waals surface area (Å²) in [5, 5.41) is 14.9. The van der Waals surface area contributed by atoms with Gasteiger partial charge in [0.25, 0.3) is 0 Å². The minimum absolute atomic E-state index is 0.0533. The third-order valence-electron chi connectivity index (χ3n) is 8.74. The monoisotopic (exact) mass is 686 g/mol. The molecule has 2 aliphatic heterocycles. The Morgan fingerprint density at radius 3 is 2.50 bits per heavy atom. The van der Waals surface area contributed by atoms with Crippen molar-refractivity contribution in [1.29, 1.82) is 5.26 Å². The number of aromatic nitrogens is 4. The first-order valence-corrected chi connectivity index (χ1v) is 16.6. The molecule has 0 saturated carbocycles. The van der Waals surface area contributed by atoms with E-state index in [1.54, 1.807) is 34.3 Å². The molecule has 4 amide bonds. The molecule has 1 unspecified atom stereocenters. The Balaban J connectivity index is 1.14. The number of piperazine rings is 1. The average molecular weight is 687 g/mol. The molecule has 0 aliphatic carbocycles. The predicted molar refractivity (Wildman–Crippen MR) is 185 cm³/mol. The number of carbonyl (C=O) groups excluding carboxylic acids is 4. The first-order chi connectivity index (χ1) is 23.8. The molecular weight excluding hydrogens is 642 g/mol. The molecule has 0 aromatic carbocycles. The number of amides is 4. The van der Waals surface area contributed by atoms with Crippen molar-refractivity contribution in [3.05, 3.63) is 36.9 Å². The first kappa shape index (κ1) is 35.7. The number of anilines is 2. The van der Waals surface area contributed by atoms with Crippen LogP contribution in [0.15, 0.2) is 36.9 Å². The number of ether oxygens (including phenoxy) is 1. The highest BCUT2D eigenvalue weighted by atomic mass is 16.6. The van der Waals surface area contributed by atoms with E-state index in [4.69, 9.17) is 10.00 Å². The maximum atomic E-state index is 13.1. The fourth-order valence-electron chi connectivity index (χ4n) is 5.99. The number of carbonyl (C=O) groups is 4. The van der Waals surface area contributed by atoms with Crippen molar-refractivity contribution in [2.24, 2.45) is 11.8 Å². The molecule has 2 N–H and O–H groups in total. The third kappa shape index (κ3) is 8.70. The lowest BCUT2D eigenvalue weighted by molar-refractivity contribution is -0.405. The number of nitriles is 1. The van der Waals surface area contributed by atoms with Crippen LogP contribution >= 0.6 is 0 Å². The van der Waals surface area contributed by atoms with E-state index in [1.165, 1.54) is 10.9 Å². The van der Waals surface area contributed by atoms with Crippen LogP contribution in [0.4, 0.5) is 26.9 Å². The van der Waals surface area contributed by atoms with Crippen molar-refractivity contribution < 1.29 is 28.5 Å². The predicted octanol–water partition coefficient (Wildman–Crippen LogP) is 2.82. The van der Waals surface area contributed by atoms with Crippen LogP contribution < -0.4 is 15.5 Å². The van der Waals surface area contributed by atoms with Crippen LogP contribution in [0.3, 0.4) is 0 Å². The van der Waals surface area contributed by atoms with Gasteiger partial charge >= 0.3 is 17.9 Å². The fraction of sp³-hybridized carbons (Fsp3) is 0.500. The molecule has 3 aromatic heterocycles. The lowest BCUT2D eigenvalue weighted by atomic mass is 9.87. The van der Waals surface area contributed by atoms with E-state index in [-0.39, 0.29) is 30.9 Å². The molecule has 5 rings (SSSR count). The Kier molecular flexibility index (Phi) is 10.9. The summed E-state index contributed by atoms with van der Waals surface area (Å²) in [6.45, 7) is 10.8. The average Bonchev–Trinajstić information content (AvgIpc) is 3.52. The van der Waals surface area contributed by atoms with Crippen molar-refractivity contribution in [1.82, 2.24) is 34.6 Å². The Morgan fingerprint density at radius 2 is 1.82 bits per heavy atom. The molecule has 264 valence electrons. The topological polar surface area (TPSA) is 182 Å². The number of rotatable bonds is 7. The standard InChI is InChI=1S/C34H43N11O5/c1-23-9-12-44(29(47)8-11-35)21-24(23)20-41(5)30-26-10-13-45(31(26)39-22-38-30)32(48)37-19-28(46)40-27-7-6-25(18-36-27)42-14-16-43(17-15-42)33(49)50-34(2,3)4/h6-7,10,13,18,20,22-24H,8-9,12,14-17,19,21H2,1-5H3,(H-,36,37,40,46,48)/p+1/t23-,24?/m1/s1. The lowest BCUT2D eigenvalue weighted by Crippen LogP contribution is -2.50. The summed E-state index contributed by atoms with van der Waals surface area (Å²) in [5.74, 6) is 0.690. The Hall–Kier alpha value is -5.59. The molecule has 0 spiro atoms. The van der Waals surface area contributed by atoms with E-state index in [0.717, 1.165) is 12.1 Å². The van der Waals surface area contributed by atoms with Gasteiger partial charge in [0, 0.05) is 51.4 Å². The normalized spacial score (nSPS) is 18.4. The molecule has 0 radical (unpaired) electrons. The molecule has 3 aromatic rings. The van der Waals surface area contributed by atoms with Crippen LogP contribution in [0, 0.1) is 23.2 Å². The summed E-state index contributed by atoms with van der Waals surface area (Å²) in [6, 6.07) is 6.68. The first-order valence-electron chi connectivity index (χ1n) is 16.6. The van der Waals surface area contributed by atoms with Gasteiger partial charge in [-0.25, -0.2) is 19.1 Å². The van der Waals surface area contributed by atoms with E-state index in [0.29, 0.717) is 67.9 Å². The molecular formula is C34H44N11O5+. The maximum absolute atomic E-state index is 13.1. The van der Waals surface area contributed by atoms with Crippen molar-refractivity contribution >= 4 is 58.5 Å². The van der Waals surface area contributed by atoms with E-state index < -0.39 is 17.5 Å². The van der Waals surface area contributed by atoms with Crippen LogP contribution in [0.2, 0.25) is 0 Å². The minimum atomic E-state index is -0.545. The van der Waals surface area contributed by atoms with Crippen LogP contribution in [0.1, 0.15) is 40.5 Å². The number of nitrogens with zero attached hydrogens (tertiary/aromatic N) is 9. The fourth-order valence-corrected chi connectivity index (χ4v) is 5.99. The molecule has 50 heavy (non-hydrogen) atoms. The smallest absolute Gasteiger partial charge is 0.410 e. The zero-order chi connectivity index (χ0) is 36.0. The molecule has 16 heteroatoms. The molecule has 0 bridgehead atoms. The molecule has 2 aliphatic rings. The second kappa shape index (κ2) is 15.3. The Bertz CT molecular complexity index is 1800. The molecule has 2 atom stereocenters. The largest absolute Gasteiger partial charge is 0.444 e.